The van der Waals surface area contributed by atoms with Crippen LogP contribution in [0.25, 0.3) is 0 Å². The summed E-state index contributed by atoms with van der Waals surface area (Å²) in [6.45, 7) is 7.98. The second kappa shape index (κ2) is 8.17. The molecule has 4 heterocycles. The fourth-order valence-corrected chi connectivity index (χ4v) is 5.89. The summed E-state index contributed by atoms with van der Waals surface area (Å²) < 4.78 is 12.0. The van der Waals surface area contributed by atoms with Crippen LogP contribution >= 0.6 is 11.3 Å². The van der Waals surface area contributed by atoms with Gasteiger partial charge in [-0.05, 0) is 43.9 Å². The van der Waals surface area contributed by atoms with Crippen molar-refractivity contribution in [1.82, 2.24) is 9.80 Å². The highest BCUT2D eigenvalue weighted by Gasteiger charge is 2.42. The Hall–Kier alpha value is -0.990. The van der Waals surface area contributed by atoms with Gasteiger partial charge in [-0.1, -0.05) is 6.92 Å². The first-order chi connectivity index (χ1) is 13.1. The van der Waals surface area contributed by atoms with E-state index in [4.69, 9.17) is 14.6 Å². The van der Waals surface area contributed by atoms with Crippen LogP contribution in [-0.4, -0.2) is 79.5 Å². The molecule has 27 heavy (non-hydrogen) atoms. The zero-order chi connectivity index (χ0) is 18.9. The van der Waals surface area contributed by atoms with Crippen LogP contribution in [0, 0.1) is 0 Å². The number of thiophene rings is 1. The first kappa shape index (κ1) is 19.3. The molecule has 1 aromatic rings. The van der Waals surface area contributed by atoms with E-state index in [1.54, 1.807) is 11.3 Å². The highest BCUT2D eigenvalue weighted by atomic mass is 32.1. The van der Waals surface area contributed by atoms with Crippen LogP contribution in [-0.2, 0) is 21.5 Å². The molecule has 0 aromatic carbocycles. The number of carbonyl (C=O) groups is 1. The molecule has 150 valence electrons. The average Bonchev–Trinajstić information content (AvgIpc) is 3.15. The Morgan fingerprint density at radius 2 is 2.15 bits per heavy atom. The van der Waals surface area contributed by atoms with Crippen LogP contribution in [0.4, 0.5) is 0 Å². The fraction of sp³-hybridized carbons (Fsp3) is 0.750. The molecule has 1 aromatic heterocycles. The van der Waals surface area contributed by atoms with E-state index in [2.05, 4.69) is 17.9 Å². The van der Waals surface area contributed by atoms with E-state index >= 15 is 0 Å². The van der Waals surface area contributed by atoms with E-state index in [1.165, 1.54) is 10.4 Å². The van der Waals surface area contributed by atoms with Crippen LogP contribution in [0.3, 0.4) is 0 Å². The maximum atomic E-state index is 13.1. The van der Waals surface area contributed by atoms with Gasteiger partial charge >= 0.3 is 0 Å². The van der Waals surface area contributed by atoms with Crippen LogP contribution in [0.2, 0.25) is 0 Å². The maximum Gasteiger partial charge on any atom is 0.264 e. The second-order valence-electron chi connectivity index (χ2n) is 7.75. The van der Waals surface area contributed by atoms with Crippen LogP contribution in [0.15, 0.2) is 6.07 Å². The Kier molecular flexibility index (Phi) is 5.85. The van der Waals surface area contributed by atoms with E-state index in [0.717, 1.165) is 50.4 Å². The Morgan fingerprint density at radius 1 is 1.33 bits per heavy atom. The Bertz CT molecular complexity index is 667. The van der Waals surface area contributed by atoms with E-state index in [0.29, 0.717) is 26.1 Å². The van der Waals surface area contributed by atoms with Crippen molar-refractivity contribution in [2.45, 2.75) is 44.3 Å². The number of fused-ring (bicyclic) bond motifs is 2. The molecule has 1 N–H and O–H groups in total. The maximum absolute atomic E-state index is 13.1. The van der Waals surface area contributed by atoms with Gasteiger partial charge in [-0.3, -0.25) is 4.79 Å². The van der Waals surface area contributed by atoms with Crippen LogP contribution < -0.4 is 0 Å². The number of nitrogens with zero attached hydrogens (tertiary/aromatic N) is 2. The third-order valence-electron chi connectivity index (χ3n) is 6.17. The largest absolute Gasteiger partial charge is 0.396 e. The number of likely N-dealkylation sites (tertiary alicyclic amines) is 1. The van der Waals surface area contributed by atoms with Crippen molar-refractivity contribution in [3.63, 3.8) is 0 Å². The number of hydrogen-bond acceptors (Lipinski definition) is 6. The number of ether oxygens (including phenoxy) is 2. The molecule has 2 saturated heterocycles. The highest BCUT2D eigenvalue weighted by Crippen LogP contribution is 2.45. The lowest BCUT2D eigenvalue weighted by atomic mass is 9.85. The molecule has 4 rings (SSSR count). The molecule has 1 unspecified atom stereocenters. The number of rotatable bonds is 4. The van der Waals surface area contributed by atoms with Gasteiger partial charge < -0.3 is 24.4 Å². The summed E-state index contributed by atoms with van der Waals surface area (Å²) in [5, 5.41) is 9.15. The quantitative estimate of drug-likeness (QED) is 0.845. The smallest absolute Gasteiger partial charge is 0.264 e. The summed E-state index contributed by atoms with van der Waals surface area (Å²) in [6, 6.07) is 2.11. The van der Waals surface area contributed by atoms with E-state index < -0.39 is 0 Å². The molecule has 3 aliphatic rings. The van der Waals surface area contributed by atoms with Crippen molar-refractivity contribution in [2.75, 3.05) is 52.5 Å². The molecule has 3 aliphatic heterocycles. The van der Waals surface area contributed by atoms with Gasteiger partial charge in [0.2, 0.25) is 0 Å². The molecular formula is C20H30N2O4S. The van der Waals surface area contributed by atoms with Gasteiger partial charge in [-0.2, -0.15) is 0 Å². The van der Waals surface area contributed by atoms with Crippen molar-refractivity contribution in [1.29, 1.82) is 0 Å². The lowest BCUT2D eigenvalue weighted by molar-refractivity contribution is -0.0944. The molecule has 0 aliphatic carbocycles. The second-order valence-corrected chi connectivity index (χ2v) is 8.80. The number of hydrogen-bond donors (Lipinski definition) is 1. The van der Waals surface area contributed by atoms with Gasteiger partial charge in [0.15, 0.2) is 0 Å². The van der Waals surface area contributed by atoms with Gasteiger partial charge in [-0.25, -0.2) is 0 Å². The van der Waals surface area contributed by atoms with Gasteiger partial charge in [0.25, 0.3) is 5.91 Å². The standard InChI is InChI=1S/C20H30N2O4S/c1-2-21-7-5-20(6-8-21)18-15(4-11-26-20)13-17(27-18)19(24)22-9-12-25-16(14-22)3-10-23/h13,16,23H,2-12,14H2,1H3. The summed E-state index contributed by atoms with van der Waals surface area (Å²) in [6.07, 6.45) is 3.44. The SMILES string of the molecule is CCN1CCC2(CC1)OCCc1cc(C(=O)N3CCOC(CCO)C3)sc12. The first-order valence-corrected chi connectivity index (χ1v) is 11.0. The summed E-state index contributed by atoms with van der Waals surface area (Å²) in [7, 11) is 0. The van der Waals surface area contributed by atoms with Gasteiger partial charge in [0.05, 0.1) is 24.2 Å². The topological polar surface area (TPSA) is 62.2 Å². The monoisotopic (exact) mass is 394 g/mol. The highest BCUT2D eigenvalue weighted by molar-refractivity contribution is 7.14. The van der Waals surface area contributed by atoms with Crippen molar-refractivity contribution < 1.29 is 19.4 Å². The van der Waals surface area contributed by atoms with Crippen molar-refractivity contribution >= 4 is 17.2 Å². The lowest BCUT2D eigenvalue weighted by Crippen LogP contribution is -2.46. The predicted molar refractivity (Wildman–Crippen MR) is 104 cm³/mol. The zero-order valence-electron chi connectivity index (χ0n) is 16.1. The van der Waals surface area contributed by atoms with Crippen molar-refractivity contribution in [3.05, 3.63) is 21.4 Å². The molecule has 2 fully saturated rings. The van der Waals surface area contributed by atoms with Gasteiger partial charge in [-0.15, -0.1) is 11.3 Å². The van der Waals surface area contributed by atoms with E-state index in [-0.39, 0.29) is 24.2 Å². The van der Waals surface area contributed by atoms with Crippen molar-refractivity contribution in [3.8, 4) is 0 Å². The number of aliphatic hydroxyl groups is 1. The summed E-state index contributed by atoms with van der Waals surface area (Å²) in [4.78, 5) is 19.6. The lowest BCUT2D eigenvalue weighted by Gasteiger charge is -2.43. The molecule has 7 heteroatoms. The van der Waals surface area contributed by atoms with Gasteiger partial charge in [0, 0.05) is 37.7 Å². The molecule has 0 bridgehead atoms. The average molecular weight is 395 g/mol. The minimum Gasteiger partial charge on any atom is -0.396 e. The van der Waals surface area contributed by atoms with Crippen molar-refractivity contribution in [2.24, 2.45) is 0 Å². The number of morpholine rings is 1. The number of aliphatic hydroxyl groups excluding tert-OH is 1. The van der Waals surface area contributed by atoms with E-state index in [1.807, 2.05) is 4.90 Å². The third kappa shape index (κ3) is 3.80. The normalized spacial score (nSPS) is 25.6. The Morgan fingerprint density at radius 3 is 2.89 bits per heavy atom. The van der Waals surface area contributed by atoms with E-state index in [9.17, 15) is 4.79 Å². The Balaban J connectivity index is 1.52. The summed E-state index contributed by atoms with van der Waals surface area (Å²) in [5.41, 5.74) is 1.12. The molecule has 1 atom stereocenters. The number of amides is 1. The molecule has 1 amide bonds. The molecule has 0 radical (unpaired) electrons. The molecular weight excluding hydrogens is 364 g/mol. The number of piperidine rings is 1. The Labute approximate surface area is 165 Å². The number of carbonyl (C=O) groups excluding carboxylic acids is 1. The first-order valence-electron chi connectivity index (χ1n) is 10.2. The molecule has 1 spiro atoms. The fourth-order valence-electron chi connectivity index (χ4n) is 4.51. The van der Waals surface area contributed by atoms with Crippen LogP contribution in [0.1, 0.15) is 46.3 Å². The zero-order valence-corrected chi connectivity index (χ0v) is 16.9. The van der Waals surface area contributed by atoms with Gasteiger partial charge in [0.1, 0.15) is 5.60 Å². The van der Waals surface area contributed by atoms with Crippen LogP contribution in [0.5, 0.6) is 0 Å². The minimum absolute atomic E-state index is 0.0599. The predicted octanol–water partition coefficient (Wildman–Crippen LogP) is 1.86. The minimum atomic E-state index is -0.188. The molecule has 0 saturated carbocycles. The third-order valence-corrected chi connectivity index (χ3v) is 7.52. The summed E-state index contributed by atoms with van der Waals surface area (Å²) in [5.74, 6) is 0.0989. The summed E-state index contributed by atoms with van der Waals surface area (Å²) >= 11 is 1.64. The molecule has 6 nitrogen and oxygen atoms in total.